The molecule has 0 aromatic heterocycles. The molecule has 0 aliphatic carbocycles. The predicted octanol–water partition coefficient (Wildman–Crippen LogP) is 4.50. The number of urea groups is 1. The molecule has 3 amide bonds. The molecule has 1 aliphatic rings. The van der Waals surface area contributed by atoms with Crippen LogP contribution in [0.2, 0.25) is 0 Å². The SMILES string of the molecule is CCCCc1ccc(C(=O)NCCCCN(C(=O)NCC)c2ccc3c(c2)OCO3)cc1. The number of nitrogens with one attached hydrogen (secondary N) is 2. The van der Waals surface area contributed by atoms with Gasteiger partial charge in [0.1, 0.15) is 0 Å². The first-order chi connectivity index (χ1) is 15.6. The average Bonchev–Trinajstić information content (AvgIpc) is 3.28. The van der Waals surface area contributed by atoms with Crippen molar-refractivity contribution in [3.63, 3.8) is 0 Å². The van der Waals surface area contributed by atoms with Crippen molar-refractivity contribution in [2.24, 2.45) is 0 Å². The number of aryl methyl sites for hydroxylation is 1. The van der Waals surface area contributed by atoms with E-state index in [2.05, 4.69) is 17.6 Å². The summed E-state index contributed by atoms with van der Waals surface area (Å²) in [5.74, 6) is 1.26. The number of amides is 3. The van der Waals surface area contributed by atoms with Gasteiger partial charge < -0.3 is 20.1 Å². The first kappa shape index (κ1) is 23.4. The molecule has 2 aromatic carbocycles. The summed E-state index contributed by atoms with van der Waals surface area (Å²) in [7, 11) is 0. The van der Waals surface area contributed by atoms with Crippen LogP contribution in [0.15, 0.2) is 42.5 Å². The van der Waals surface area contributed by atoms with Gasteiger partial charge in [0.05, 0.1) is 0 Å². The quantitative estimate of drug-likeness (QED) is 0.505. The summed E-state index contributed by atoms with van der Waals surface area (Å²) in [6.45, 7) is 5.90. The first-order valence-electron chi connectivity index (χ1n) is 11.4. The molecule has 3 rings (SSSR count). The Bertz CT molecular complexity index is 899. The van der Waals surface area contributed by atoms with Gasteiger partial charge >= 0.3 is 6.03 Å². The molecular formula is C25H33N3O4. The normalized spacial score (nSPS) is 11.8. The fourth-order valence-electron chi connectivity index (χ4n) is 3.55. The van der Waals surface area contributed by atoms with Crippen LogP contribution in [0.3, 0.4) is 0 Å². The minimum absolute atomic E-state index is 0.0663. The summed E-state index contributed by atoms with van der Waals surface area (Å²) < 4.78 is 10.8. The summed E-state index contributed by atoms with van der Waals surface area (Å²) in [6, 6.07) is 13.2. The second kappa shape index (κ2) is 12.0. The molecule has 7 nitrogen and oxygen atoms in total. The highest BCUT2D eigenvalue weighted by molar-refractivity contribution is 5.94. The second-order valence-electron chi connectivity index (χ2n) is 7.79. The van der Waals surface area contributed by atoms with E-state index in [0.717, 1.165) is 37.8 Å². The Kier molecular flexibility index (Phi) is 8.78. The molecule has 0 saturated carbocycles. The Morgan fingerprint density at radius 1 is 0.938 bits per heavy atom. The van der Waals surface area contributed by atoms with Crippen molar-refractivity contribution in [1.82, 2.24) is 10.6 Å². The smallest absolute Gasteiger partial charge is 0.321 e. The van der Waals surface area contributed by atoms with E-state index in [1.165, 1.54) is 5.56 Å². The van der Waals surface area contributed by atoms with Crippen molar-refractivity contribution in [2.75, 3.05) is 31.3 Å². The van der Waals surface area contributed by atoms with Crippen LogP contribution in [0.4, 0.5) is 10.5 Å². The summed E-state index contributed by atoms with van der Waals surface area (Å²) in [4.78, 5) is 26.6. The molecular weight excluding hydrogens is 406 g/mol. The first-order valence-corrected chi connectivity index (χ1v) is 11.4. The molecule has 0 saturated heterocycles. The van der Waals surface area contributed by atoms with Gasteiger partial charge in [-0.1, -0.05) is 25.5 Å². The predicted molar refractivity (Wildman–Crippen MR) is 126 cm³/mol. The molecule has 0 unspecified atom stereocenters. The molecule has 0 fully saturated rings. The highest BCUT2D eigenvalue weighted by Crippen LogP contribution is 2.35. The topological polar surface area (TPSA) is 79.9 Å². The third kappa shape index (κ3) is 6.39. The van der Waals surface area contributed by atoms with E-state index < -0.39 is 0 Å². The number of ether oxygens (including phenoxy) is 2. The van der Waals surface area contributed by atoms with Crippen LogP contribution in [0, 0.1) is 0 Å². The molecule has 1 aliphatic heterocycles. The fourth-order valence-corrected chi connectivity index (χ4v) is 3.55. The van der Waals surface area contributed by atoms with Gasteiger partial charge in [-0.3, -0.25) is 9.69 Å². The number of rotatable bonds is 11. The standard InChI is InChI=1S/C25H33N3O4/c1-3-5-8-19-9-11-20(12-10-19)24(29)27-15-6-7-16-28(25(30)26-4-2)21-13-14-22-23(17-21)32-18-31-22/h9-14,17H,3-8,15-16,18H2,1-2H3,(H,26,30)(H,27,29). The maximum absolute atomic E-state index is 12.6. The molecule has 0 bridgehead atoms. The van der Waals surface area contributed by atoms with Gasteiger partial charge in [-0.15, -0.1) is 0 Å². The molecule has 0 radical (unpaired) electrons. The lowest BCUT2D eigenvalue weighted by Gasteiger charge is -2.23. The largest absolute Gasteiger partial charge is 0.454 e. The van der Waals surface area contributed by atoms with Crippen LogP contribution < -0.4 is 25.0 Å². The van der Waals surface area contributed by atoms with Gasteiger partial charge in [0, 0.05) is 37.0 Å². The second-order valence-corrected chi connectivity index (χ2v) is 7.79. The average molecular weight is 440 g/mol. The zero-order chi connectivity index (χ0) is 22.8. The fraction of sp³-hybridized carbons (Fsp3) is 0.440. The zero-order valence-corrected chi connectivity index (χ0v) is 19.0. The highest BCUT2D eigenvalue weighted by atomic mass is 16.7. The minimum Gasteiger partial charge on any atom is -0.454 e. The molecule has 0 atom stereocenters. The van der Waals surface area contributed by atoms with Crippen LogP contribution in [-0.2, 0) is 6.42 Å². The number of benzene rings is 2. The van der Waals surface area contributed by atoms with Gasteiger partial charge in [0.2, 0.25) is 6.79 Å². The number of hydrogen-bond donors (Lipinski definition) is 2. The number of nitrogens with zero attached hydrogens (tertiary/aromatic N) is 1. The van der Waals surface area contributed by atoms with Gasteiger partial charge in [0.15, 0.2) is 11.5 Å². The lowest BCUT2D eigenvalue weighted by molar-refractivity contribution is 0.0953. The van der Waals surface area contributed by atoms with Crippen LogP contribution in [0.5, 0.6) is 11.5 Å². The monoisotopic (exact) mass is 439 g/mol. The van der Waals surface area contributed by atoms with E-state index in [1.54, 1.807) is 4.90 Å². The maximum Gasteiger partial charge on any atom is 0.321 e. The number of fused-ring (bicyclic) bond motifs is 1. The number of unbranched alkanes of at least 4 members (excludes halogenated alkanes) is 2. The van der Waals surface area contributed by atoms with Crippen LogP contribution in [-0.4, -0.2) is 38.4 Å². The molecule has 1 heterocycles. The van der Waals surface area contributed by atoms with Crippen molar-refractivity contribution in [3.8, 4) is 11.5 Å². The summed E-state index contributed by atoms with van der Waals surface area (Å²) in [6.07, 6.45) is 4.88. The molecule has 32 heavy (non-hydrogen) atoms. The van der Waals surface area contributed by atoms with Gasteiger partial charge in [-0.2, -0.15) is 0 Å². The van der Waals surface area contributed by atoms with Crippen molar-refractivity contribution in [3.05, 3.63) is 53.6 Å². The number of anilines is 1. The molecule has 2 N–H and O–H groups in total. The van der Waals surface area contributed by atoms with E-state index in [1.807, 2.05) is 49.4 Å². The van der Waals surface area contributed by atoms with Gasteiger partial charge in [-0.25, -0.2) is 4.79 Å². The Hall–Kier alpha value is -3.22. The van der Waals surface area contributed by atoms with Crippen molar-refractivity contribution in [2.45, 2.75) is 46.0 Å². The number of carbonyl (C=O) groups is 2. The van der Waals surface area contributed by atoms with E-state index in [4.69, 9.17) is 9.47 Å². The molecule has 172 valence electrons. The third-order valence-electron chi connectivity index (χ3n) is 5.37. The van der Waals surface area contributed by atoms with E-state index >= 15 is 0 Å². The lowest BCUT2D eigenvalue weighted by Crippen LogP contribution is -2.40. The van der Waals surface area contributed by atoms with E-state index in [9.17, 15) is 9.59 Å². The number of carbonyl (C=O) groups excluding carboxylic acids is 2. The zero-order valence-electron chi connectivity index (χ0n) is 19.0. The Morgan fingerprint density at radius 3 is 2.47 bits per heavy atom. The highest BCUT2D eigenvalue weighted by Gasteiger charge is 2.19. The van der Waals surface area contributed by atoms with Crippen molar-refractivity contribution in [1.29, 1.82) is 0 Å². The van der Waals surface area contributed by atoms with Gasteiger partial charge in [-0.05, 0) is 62.4 Å². The van der Waals surface area contributed by atoms with Crippen LogP contribution in [0.25, 0.3) is 0 Å². The van der Waals surface area contributed by atoms with E-state index in [-0.39, 0.29) is 18.7 Å². The van der Waals surface area contributed by atoms with Crippen LogP contribution in [0.1, 0.15) is 55.5 Å². The van der Waals surface area contributed by atoms with Gasteiger partial charge in [0.25, 0.3) is 5.91 Å². The number of hydrogen-bond acceptors (Lipinski definition) is 4. The maximum atomic E-state index is 12.6. The molecule has 0 spiro atoms. The summed E-state index contributed by atoms with van der Waals surface area (Å²) in [5.41, 5.74) is 2.69. The van der Waals surface area contributed by atoms with Crippen molar-refractivity contribution < 1.29 is 19.1 Å². The Labute approximate surface area is 190 Å². The minimum atomic E-state index is -0.154. The third-order valence-corrected chi connectivity index (χ3v) is 5.37. The summed E-state index contributed by atoms with van der Waals surface area (Å²) in [5, 5.41) is 5.82. The summed E-state index contributed by atoms with van der Waals surface area (Å²) >= 11 is 0. The van der Waals surface area contributed by atoms with Crippen LogP contribution >= 0.6 is 0 Å². The molecule has 7 heteroatoms. The van der Waals surface area contributed by atoms with Crippen molar-refractivity contribution >= 4 is 17.6 Å². The molecule has 2 aromatic rings. The Morgan fingerprint density at radius 2 is 1.72 bits per heavy atom. The lowest BCUT2D eigenvalue weighted by atomic mass is 10.1. The van der Waals surface area contributed by atoms with E-state index in [0.29, 0.717) is 36.7 Å². The Balaban J connectivity index is 1.47.